The Kier molecular flexibility index (Phi) is 3.68. The van der Waals surface area contributed by atoms with E-state index in [9.17, 15) is 17.2 Å². The first-order chi connectivity index (χ1) is 8.88. The van der Waals surface area contributed by atoms with Gasteiger partial charge in [0.1, 0.15) is 5.69 Å². The second-order valence-corrected chi connectivity index (χ2v) is 5.65. The Balaban J connectivity index is 2.33. The SMILES string of the molecule is O=S(=O)(Nc1ccc(F)nc1F)c1ccc(Cl)cc1. The Hall–Kier alpha value is -1.73. The van der Waals surface area contributed by atoms with Crippen LogP contribution < -0.4 is 4.72 Å². The summed E-state index contributed by atoms with van der Waals surface area (Å²) >= 11 is 5.64. The molecule has 0 unspecified atom stereocenters. The van der Waals surface area contributed by atoms with Crippen molar-refractivity contribution in [1.82, 2.24) is 4.98 Å². The molecule has 1 heterocycles. The van der Waals surface area contributed by atoms with Gasteiger partial charge in [-0.05, 0) is 36.4 Å². The van der Waals surface area contributed by atoms with Crippen LogP contribution in [-0.4, -0.2) is 13.4 Å². The summed E-state index contributed by atoms with van der Waals surface area (Å²) in [5.41, 5.74) is -0.434. The molecule has 0 aliphatic rings. The summed E-state index contributed by atoms with van der Waals surface area (Å²) in [5.74, 6) is -2.27. The number of benzene rings is 1. The Labute approximate surface area is 113 Å². The maximum atomic E-state index is 13.3. The molecule has 2 rings (SSSR count). The molecule has 0 radical (unpaired) electrons. The molecular weight excluding hydrogens is 298 g/mol. The minimum atomic E-state index is -3.98. The average molecular weight is 305 g/mol. The molecule has 8 heteroatoms. The lowest BCUT2D eigenvalue weighted by atomic mass is 10.4. The zero-order valence-corrected chi connectivity index (χ0v) is 10.8. The van der Waals surface area contributed by atoms with Crippen molar-refractivity contribution in [2.24, 2.45) is 0 Å². The lowest BCUT2D eigenvalue weighted by Crippen LogP contribution is -2.14. The van der Waals surface area contributed by atoms with Crippen LogP contribution in [0, 0.1) is 11.9 Å². The van der Waals surface area contributed by atoms with Crippen molar-refractivity contribution in [3.05, 3.63) is 53.3 Å². The summed E-state index contributed by atoms with van der Waals surface area (Å²) in [6.45, 7) is 0. The fourth-order valence-corrected chi connectivity index (χ4v) is 2.49. The number of halogens is 3. The van der Waals surface area contributed by atoms with Crippen molar-refractivity contribution >= 4 is 27.3 Å². The molecule has 0 bridgehead atoms. The van der Waals surface area contributed by atoms with Gasteiger partial charge < -0.3 is 0 Å². The zero-order chi connectivity index (χ0) is 14.0. The Morgan fingerprint density at radius 3 is 2.26 bits per heavy atom. The fraction of sp³-hybridized carbons (Fsp3) is 0. The molecule has 1 N–H and O–H groups in total. The molecule has 0 spiro atoms. The van der Waals surface area contributed by atoms with Crippen molar-refractivity contribution in [2.75, 3.05) is 4.72 Å². The fourth-order valence-electron chi connectivity index (χ4n) is 1.31. The normalized spacial score (nSPS) is 11.3. The topological polar surface area (TPSA) is 59.1 Å². The number of anilines is 1. The van der Waals surface area contributed by atoms with Gasteiger partial charge in [-0.2, -0.15) is 13.8 Å². The summed E-state index contributed by atoms with van der Waals surface area (Å²) < 4.78 is 51.7. The smallest absolute Gasteiger partial charge is 0.262 e. The van der Waals surface area contributed by atoms with Gasteiger partial charge in [0.05, 0.1) is 4.90 Å². The molecule has 1 aromatic carbocycles. The highest BCUT2D eigenvalue weighted by molar-refractivity contribution is 7.92. The molecule has 0 amide bonds. The number of hydrogen-bond donors (Lipinski definition) is 1. The highest BCUT2D eigenvalue weighted by Gasteiger charge is 2.17. The van der Waals surface area contributed by atoms with E-state index in [4.69, 9.17) is 11.6 Å². The summed E-state index contributed by atoms with van der Waals surface area (Å²) in [6.07, 6.45) is 0. The van der Waals surface area contributed by atoms with E-state index in [0.29, 0.717) is 5.02 Å². The number of nitrogens with one attached hydrogen (secondary N) is 1. The van der Waals surface area contributed by atoms with E-state index in [1.54, 1.807) is 0 Å². The monoisotopic (exact) mass is 304 g/mol. The van der Waals surface area contributed by atoms with E-state index in [-0.39, 0.29) is 4.90 Å². The molecular formula is C11H7ClF2N2O2S. The van der Waals surface area contributed by atoms with Crippen LogP contribution in [0.25, 0.3) is 0 Å². The van der Waals surface area contributed by atoms with Gasteiger partial charge in [-0.3, -0.25) is 4.72 Å². The molecule has 2 aromatic rings. The molecule has 0 fully saturated rings. The molecule has 0 aliphatic heterocycles. The van der Waals surface area contributed by atoms with Crippen LogP contribution in [0.4, 0.5) is 14.5 Å². The first kappa shape index (κ1) is 13.7. The average Bonchev–Trinajstić information content (AvgIpc) is 2.33. The number of sulfonamides is 1. The van der Waals surface area contributed by atoms with Crippen LogP contribution in [0.3, 0.4) is 0 Å². The summed E-state index contributed by atoms with van der Waals surface area (Å²) in [7, 11) is -3.98. The van der Waals surface area contributed by atoms with E-state index in [1.165, 1.54) is 24.3 Å². The standard InChI is InChI=1S/C11H7ClF2N2O2S/c12-7-1-3-8(4-2-7)19(17,18)16-9-5-6-10(13)15-11(9)14/h1-6,16H. The third kappa shape index (κ3) is 3.18. The van der Waals surface area contributed by atoms with Crippen molar-refractivity contribution < 1.29 is 17.2 Å². The second-order valence-electron chi connectivity index (χ2n) is 3.53. The number of nitrogens with zero attached hydrogens (tertiary/aromatic N) is 1. The second kappa shape index (κ2) is 5.10. The van der Waals surface area contributed by atoms with Gasteiger partial charge in [0.15, 0.2) is 0 Å². The maximum absolute atomic E-state index is 13.3. The molecule has 0 saturated heterocycles. The highest BCUT2D eigenvalue weighted by atomic mass is 35.5. The van der Waals surface area contributed by atoms with Gasteiger partial charge in [-0.15, -0.1) is 0 Å². The quantitative estimate of drug-likeness (QED) is 0.887. The molecule has 1 aromatic heterocycles. The van der Waals surface area contributed by atoms with E-state index in [2.05, 4.69) is 4.98 Å². The summed E-state index contributed by atoms with van der Waals surface area (Å²) in [6, 6.07) is 7.09. The van der Waals surface area contributed by atoms with Gasteiger partial charge in [-0.25, -0.2) is 8.42 Å². The van der Waals surface area contributed by atoms with Gasteiger partial charge in [-0.1, -0.05) is 11.6 Å². The maximum Gasteiger partial charge on any atom is 0.262 e. The van der Waals surface area contributed by atoms with Gasteiger partial charge in [0, 0.05) is 5.02 Å². The Bertz CT molecular complexity index is 705. The molecule has 0 atom stereocenters. The van der Waals surface area contributed by atoms with Crippen molar-refractivity contribution in [3.63, 3.8) is 0 Å². The Morgan fingerprint density at radius 1 is 1.05 bits per heavy atom. The van der Waals surface area contributed by atoms with Crippen molar-refractivity contribution in [2.45, 2.75) is 4.90 Å². The molecule has 0 aliphatic carbocycles. The van der Waals surface area contributed by atoms with Gasteiger partial charge in [0.2, 0.25) is 11.9 Å². The minimum Gasteiger partial charge on any atom is -0.275 e. The van der Waals surface area contributed by atoms with Crippen LogP contribution in [0.5, 0.6) is 0 Å². The van der Waals surface area contributed by atoms with Crippen LogP contribution in [0.15, 0.2) is 41.3 Å². The van der Waals surface area contributed by atoms with E-state index >= 15 is 0 Å². The van der Waals surface area contributed by atoms with Crippen LogP contribution in [0.1, 0.15) is 0 Å². The first-order valence-corrected chi connectivity index (χ1v) is 6.85. The molecule has 100 valence electrons. The lowest BCUT2D eigenvalue weighted by molar-refractivity contribution is 0.515. The molecule has 19 heavy (non-hydrogen) atoms. The van der Waals surface area contributed by atoms with E-state index in [1.807, 2.05) is 4.72 Å². The minimum absolute atomic E-state index is 0.0966. The van der Waals surface area contributed by atoms with Crippen LogP contribution in [-0.2, 0) is 10.0 Å². The van der Waals surface area contributed by atoms with Crippen LogP contribution >= 0.6 is 11.6 Å². The third-order valence-electron chi connectivity index (χ3n) is 2.18. The van der Waals surface area contributed by atoms with Gasteiger partial charge >= 0.3 is 0 Å². The number of hydrogen-bond acceptors (Lipinski definition) is 3. The summed E-state index contributed by atoms with van der Waals surface area (Å²) in [4.78, 5) is 2.79. The number of aromatic nitrogens is 1. The first-order valence-electron chi connectivity index (χ1n) is 4.99. The largest absolute Gasteiger partial charge is 0.275 e. The summed E-state index contributed by atoms with van der Waals surface area (Å²) in [5, 5.41) is 0.369. The molecule has 0 saturated carbocycles. The van der Waals surface area contributed by atoms with E-state index < -0.39 is 27.6 Å². The number of pyridine rings is 1. The predicted molar refractivity (Wildman–Crippen MR) is 66.4 cm³/mol. The third-order valence-corrected chi connectivity index (χ3v) is 3.82. The Morgan fingerprint density at radius 2 is 1.68 bits per heavy atom. The van der Waals surface area contributed by atoms with Crippen molar-refractivity contribution in [3.8, 4) is 0 Å². The van der Waals surface area contributed by atoms with Crippen LogP contribution in [0.2, 0.25) is 5.02 Å². The number of rotatable bonds is 3. The van der Waals surface area contributed by atoms with Crippen molar-refractivity contribution in [1.29, 1.82) is 0 Å². The van der Waals surface area contributed by atoms with E-state index in [0.717, 1.165) is 12.1 Å². The molecule has 4 nitrogen and oxygen atoms in total. The highest BCUT2D eigenvalue weighted by Crippen LogP contribution is 2.19. The predicted octanol–water partition coefficient (Wildman–Crippen LogP) is 2.81. The lowest BCUT2D eigenvalue weighted by Gasteiger charge is -2.08. The van der Waals surface area contributed by atoms with Gasteiger partial charge in [0.25, 0.3) is 10.0 Å². The zero-order valence-electron chi connectivity index (χ0n) is 9.27.